The summed E-state index contributed by atoms with van der Waals surface area (Å²) in [6.07, 6.45) is 4.59. The van der Waals surface area contributed by atoms with Crippen molar-refractivity contribution in [2.45, 2.75) is 25.0 Å². The van der Waals surface area contributed by atoms with Crippen LogP contribution >= 0.6 is 0 Å². The molecule has 1 aromatic heterocycles. The third kappa shape index (κ3) is 3.50. The van der Waals surface area contributed by atoms with Crippen molar-refractivity contribution in [1.82, 2.24) is 15.3 Å². The summed E-state index contributed by atoms with van der Waals surface area (Å²) in [5.41, 5.74) is 0. The van der Waals surface area contributed by atoms with Gasteiger partial charge in [0.1, 0.15) is 6.61 Å². The number of para-hydroxylation sites is 2. The average molecular weight is 340 g/mol. The lowest BCUT2D eigenvalue weighted by atomic mass is 10.0. The zero-order valence-electron chi connectivity index (χ0n) is 13.8. The lowest BCUT2D eigenvalue weighted by Crippen LogP contribution is -2.51. The number of hydrogen-bond acceptors (Lipinski definition) is 6. The van der Waals surface area contributed by atoms with Gasteiger partial charge >= 0.3 is 0 Å². The van der Waals surface area contributed by atoms with Crippen LogP contribution in [0.2, 0.25) is 0 Å². The molecule has 1 atom stereocenters. The van der Waals surface area contributed by atoms with E-state index in [0.717, 1.165) is 31.9 Å². The number of carbonyl (C=O) groups is 1. The molecule has 7 nitrogen and oxygen atoms in total. The predicted octanol–water partition coefficient (Wildman–Crippen LogP) is 1.40. The number of carbonyl (C=O) groups excluding carboxylic acids is 1. The SMILES string of the molecule is O=C(NC1CCN(c2ncccn2)CC1)[C@@H]1COc2ccccc2O1. The van der Waals surface area contributed by atoms with E-state index in [4.69, 9.17) is 9.47 Å². The summed E-state index contributed by atoms with van der Waals surface area (Å²) in [6, 6.07) is 9.34. The van der Waals surface area contributed by atoms with E-state index >= 15 is 0 Å². The van der Waals surface area contributed by atoms with E-state index in [1.54, 1.807) is 18.5 Å². The van der Waals surface area contributed by atoms with E-state index in [0.29, 0.717) is 11.5 Å². The molecule has 2 aliphatic rings. The summed E-state index contributed by atoms with van der Waals surface area (Å²) in [7, 11) is 0. The fraction of sp³-hybridized carbons (Fsp3) is 0.389. The highest BCUT2D eigenvalue weighted by molar-refractivity contribution is 5.82. The number of nitrogens with one attached hydrogen (secondary N) is 1. The molecular weight excluding hydrogens is 320 g/mol. The minimum atomic E-state index is -0.606. The Morgan fingerprint density at radius 3 is 2.56 bits per heavy atom. The summed E-state index contributed by atoms with van der Waals surface area (Å²) in [4.78, 5) is 23.2. The van der Waals surface area contributed by atoms with Crippen molar-refractivity contribution < 1.29 is 14.3 Å². The van der Waals surface area contributed by atoms with Gasteiger partial charge in [0.15, 0.2) is 11.5 Å². The lowest BCUT2D eigenvalue weighted by molar-refractivity contribution is -0.131. The van der Waals surface area contributed by atoms with Crippen molar-refractivity contribution in [3.8, 4) is 11.5 Å². The first-order chi connectivity index (χ1) is 12.3. The van der Waals surface area contributed by atoms with Gasteiger partial charge in [-0.3, -0.25) is 4.79 Å². The van der Waals surface area contributed by atoms with E-state index in [9.17, 15) is 4.79 Å². The Morgan fingerprint density at radius 1 is 1.08 bits per heavy atom. The predicted molar refractivity (Wildman–Crippen MR) is 91.8 cm³/mol. The van der Waals surface area contributed by atoms with Crippen LogP contribution in [0.25, 0.3) is 0 Å². The van der Waals surface area contributed by atoms with E-state index in [1.165, 1.54) is 0 Å². The van der Waals surface area contributed by atoms with Crippen LogP contribution < -0.4 is 19.7 Å². The maximum Gasteiger partial charge on any atom is 0.264 e. The Hall–Kier alpha value is -2.83. The van der Waals surface area contributed by atoms with Gasteiger partial charge in [0, 0.05) is 31.5 Å². The lowest BCUT2D eigenvalue weighted by Gasteiger charge is -2.33. The van der Waals surface area contributed by atoms with E-state index in [-0.39, 0.29) is 18.6 Å². The van der Waals surface area contributed by atoms with Crippen molar-refractivity contribution in [2.24, 2.45) is 0 Å². The van der Waals surface area contributed by atoms with E-state index < -0.39 is 6.10 Å². The Labute approximate surface area is 146 Å². The highest BCUT2D eigenvalue weighted by Gasteiger charge is 2.30. The van der Waals surface area contributed by atoms with Crippen molar-refractivity contribution in [3.63, 3.8) is 0 Å². The first kappa shape index (κ1) is 15.7. The van der Waals surface area contributed by atoms with Crippen molar-refractivity contribution in [1.29, 1.82) is 0 Å². The highest BCUT2D eigenvalue weighted by Crippen LogP contribution is 2.31. The molecule has 7 heteroatoms. The fourth-order valence-electron chi connectivity index (χ4n) is 3.12. The molecule has 0 spiro atoms. The van der Waals surface area contributed by atoms with Gasteiger partial charge < -0.3 is 19.7 Å². The fourth-order valence-corrected chi connectivity index (χ4v) is 3.12. The summed E-state index contributed by atoms with van der Waals surface area (Å²) in [6.45, 7) is 1.87. The van der Waals surface area contributed by atoms with Gasteiger partial charge in [0.05, 0.1) is 0 Å². The van der Waals surface area contributed by atoms with Crippen molar-refractivity contribution >= 4 is 11.9 Å². The Balaban J connectivity index is 1.30. The smallest absolute Gasteiger partial charge is 0.264 e. The molecule has 25 heavy (non-hydrogen) atoms. The second kappa shape index (κ2) is 6.96. The molecule has 1 aromatic carbocycles. The number of aromatic nitrogens is 2. The van der Waals surface area contributed by atoms with Crippen LogP contribution in [0, 0.1) is 0 Å². The molecule has 1 amide bonds. The van der Waals surface area contributed by atoms with E-state index in [2.05, 4.69) is 20.2 Å². The number of anilines is 1. The minimum Gasteiger partial charge on any atom is -0.485 e. The second-order valence-corrected chi connectivity index (χ2v) is 6.18. The topological polar surface area (TPSA) is 76.6 Å². The molecule has 0 radical (unpaired) electrons. The first-order valence-electron chi connectivity index (χ1n) is 8.50. The summed E-state index contributed by atoms with van der Waals surface area (Å²) in [5.74, 6) is 1.92. The molecule has 0 aliphatic carbocycles. The Bertz CT molecular complexity index is 732. The molecule has 0 bridgehead atoms. The maximum atomic E-state index is 12.5. The largest absolute Gasteiger partial charge is 0.485 e. The van der Waals surface area contributed by atoms with E-state index in [1.807, 2.05) is 24.3 Å². The Kier molecular flexibility index (Phi) is 4.37. The van der Waals surface area contributed by atoms with Crippen LogP contribution in [-0.4, -0.2) is 47.7 Å². The average Bonchev–Trinajstić information content (AvgIpc) is 2.69. The van der Waals surface area contributed by atoms with Crippen LogP contribution in [-0.2, 0) is 4.79 Å². The second-order valence-electron chi connectivity index (χ2n) is 6.18. The number of fused-ring (bicyclic) bond motifs is 1. The molecule has 1 N–H and O–H groups in total. The zero-order chi connectivity index (χ0) is 17.1. The molecule has 3 heterocycles. The van der Waals surface area contributed by atoms with Crippen molar-refractivity contribution in [3.05, 3.63) is 42.7 Å². The maximum absolute atomic E-state index is 12.5. The molecule has 0 saturated carbocycles. The molecule has 130 valence electrons. The number of amides is 1. The first-order valence-corrected chi connectivity index (χ1v) is 8.50. The summed E-state index contributed by atoms with van der Waals surface area (Å²) < 4.78 is 11.4. The third-order valence-electron chi connectivity index (χ3n) is 4.48. The van der Waals surface area contributed by atoms with Gasteiger partial charge in [0.25, 0.3) is 5.91 Å². The van der Waals surface area contributed by atoms with Crippen LogP contribution in [0.15, 0.2) is 42.7 Å². The molecule has 1 saturated heterocycles. The zero-order valence-corrected chi connectivity index (χ0v) is 13.8. The summed E-state index contributed by atoms with van der Waals surface area (Å²) in [5, 5.41) is 3.08. The number of ether oxygens (including phenoxy) is 2. The quantitative estimate of drug-likeness (QED) is 0.910. The Morgan fingerprint density at radius 2 is 1.80 bits per heavy atom. The van der Waals surface area contributed by atoms with Gasteiger partial charge in [-0.1, -0.05) is 12.1 Å². The van der Waals surface area contributed by atoms with Crippen LogP contribution in [0.1, 0.15) is 12.8 Å². The summed E-state index contributed by atoms with van der Waals surface area (Å²) >= 11 is 0. The molecule has 2 aliphatic heterocycles. The van der Waals surface area contributed by atoms with Gasteiger partial charge in [-0.15, -0.1) is 0 Å². The highest BCUT2D eigenvalue weighted by atomic mass is 16.6. The third-order valence-corrected chi connectivity index (χ3v) is 4.48. The number of piperidine rings is 1. The standard InChI is InChI=1S/C18H20N4O3/c23-17(16-12-24-14-4-1-2-5-15(14)25-16)21-13-6-10-22(11-7-13)18-19-8-3-9-20-18/h1-5,8-9,13,16H,6-7,10-12H2,(H,21,23)/t16-/m0/s1. The van der Waals surface area contributed by atoms with Crippen LogP contribution in [0.5, 0.6) is 11.5 Å². The molecule has 0 unspecified atom stereocenters. The van der Waals surface area contributed by atoms with Gasteiger partial charge in [-0.05, 0) is 31.0 Å². The molecule has 4 rings (SSSR count). The van der Waals surface area contributed by atoms with Crippen LogP contribution in [0.4, 0.5) is 5.95 Å². The number of rotatable bonds is 3. The molecule has 1 fully saturated rings. The monoisotopic (exact) mass is 340 g/mol. The number of benzene rings is 1. The van der Waals surface area contributed by atoms with Crippen molar-refractivity contribution in [2.75, 3.05) is 24.6 Å². The van der Waals surface area contributed by atoms with Gasteiger partial charge in [-0.2, -0.15) is 0 Å². The van der Waals surface area contributed by atoms with Gasteiger partial charge in [0.2, 0.25) is 12.1 Å². The molecular formula is C18H20N4O3. The normalized spacial score (nSPS) is 20.2. The molecule has 2 aromatic rings. The number of nitrogens with zero attached hydrogens (tertiary/aromatic N) is 3. The van der Waals surface area contributed by atoms with Gasteiger partial charge in [-0.25, -0.2) is 9.97 Å². The number of hydrogen-bond donors (Lipinski definition) is 1. The minimum absolute atomic E-state index is 0.121. The van der Waals surface area contributed by atoms with Crippen LogP contribution in [0.3, 0.4) is 0 Å².